The van der Waals surface area contributed by atoms with Gasteiger partial charge in [-0.3, -0.25) is 4.79 Å². The fourth-order valence-electron chi connectivity index (χ4n) is 4.74. The van der Waals surface area contributed by atoms with E-state index in [0.29, 0.717) is 11.8 Å². The summed E-state index contributed by atoms with van der Waals surface area (Å²) in [6.07, 6.45) is 6.90. The van der Waals surface area contributed by atoms with Crippen molar-refractivity contribution in [3.63, 3.8) is 0 Å². The van der Waals surface area contributed by atoms with Crippen molar-refractivity contribution in [3.05, 3.63) is 65.7 Å². The standard InChI is InChI=1S/C26H34N2O/c1-21-9-5-6-15-25(21)28(26(29)24-13-7-14-24)20-23-12-8-17-27(19-23)18-16-22-10-3-2-4-11-22/h2-6,9-11,15,23-24H,7-8,12-14,16-20H2,1H3. The van der Waals surface area contributed by atoms with Crippen LogP contribution in [0.5, 0.6) is 0 Å². The SMILES string of the molecule is Cc1ccccc1N(CC1CCCN(CCc2ccccc2)C1)C(=O)C1CCC1. The Balaban J connectivity index is 1.41. The highest BCUT2D eigenvalue weighted by Gasteiger charge is 2.33. The Hall–Kier alpha value is -2.13. The summed E-state index contributed by atoms with van der Waals surface area (Å²) in [6, 6.07) is 19.2. The number of rotatable bonds is 7. The monoisotopic (exact) mass is 390 g/mol. The van der Waals surface area contributed by atoms with Gasteiger partial charge in [-0.15, -0.1) is 0 Å². The van der Waals surface area contributed by atoms with E-state index in [1.54, 1.807) is 0 Å². The van der Waals surface area contributed by atoms with Gasteiger partial charge in [0.25, 0.3) is 0 Å². The summed E-state index contributed by atoms with van der Waals surface area (Å²) in [5.74, 6) is 1.16. The number of hydrogen-bond donors (Lipinski definition) is 0. The molecule has 1 amide bonds. The van der Waals surface area contributed by atoms with Crippen LogP contribution in [0.1, 0.15) is 43.2 Å². The fraction of sp³-hybridized carbons (Fsp3) is 0.500. The number of piperidine rings is 1. The van der Waals surface area contributed by atoms with Gasteiger partial charge in [0.2, 0.25) is 5.91 Å². The molecular formula is C26H34N2O. The second kappa shape index (κ2) is 9.58. The molecule has 29 heavy (non-hydrogen) atoms. The van der Waals surface area contributed by atoms with Crippen LogP contribution in [-0.2, 0) is 11.2 Å². The van der Waals surface area contributed by atoms with E-state index in [-0.39, 0.29) is 5.92 Å². The Kier molecular flexibility index (Phi) is 6.66. The third-order valence-corrected chi connectivity index (χ3v) is 6.73. The van der Waals surface area contributed by atoms with Crippen LogP contribution < -0.4 is 4.90 Å². The first-order valence-corrected chi connectivity index (χ1v) is 11.3. The molecule has 1 saturated carbocycles. The smallest absolute Gasteiger partial charge is 0.230 e. The van der Waals surface area contributed by atoms with Crippen LogP contribution in [0.3, 0.4) is 0 Å². The van der Waals surface area contributed by atoms with Gasteiger partial charge in [0.05, 0.1) is 0 Å². The van der Waals surface area contributed by atoms with Crippen LogP contribution in [0.15, 0.2) is 54.6 Å². The number of amides is 1. The van der Waals surface area contributed by atoms with Crippen LogP contribution in [-0.4, -0.2) is 37.0 Å². The Bertz CT molecular complexity index is 799. The summed E-state index contributed by atoms with van der Waals surface area (Å²) in [6.45, 7) is 6.39. The lowest BCUT2D eigenvalue weighted by Gasteiger charge is -2.38. The molecule has 1 aliphatic heterocycles. The molecule has 154 valence electrons. The zero-order chi connectivity index (χ0) is 20.1. The summed E-state index contributed by atoms with van der Waals surface area (Å²) in [5, 5.41) is 0. The van der Waals surface area contributed by atoms with Crippen LogP contribution in [0.25, 0.3) is 0 Å². The van der Waals surface area contributed by atoms with Crippen molar-refractivity contribution in [2.75, 3.05) is 31.1 Å². The zero-order valence-electron chi connectivity index (χ0n) is 17.7. The third-order valence-electron chi connectivity index (χ3n) is 6.73. The van der Waals surface area contributed by atoms with Crippen molar-refractivity contribution in [3.8, 4) is 0 Å². The van der Waals surface area contributed by atoms with E-state index in [4.69, 9.17) is 0 Å². The van der Waals surface area contributed by atoms with Gasteiger partial charge in [-0.05, 0) is 68.7 Å². The molecule has 1 atom stereocenters. The average molecular weight is 391 g/mol. The van der Waals surface area contributed by atoms with Gasteiger partial charge in [0, 0.05) is 31.2 Å². The summed E-state index contributed by atoms with van der Waals surface area (Å²) in [5.41, 5.74) is 3.74. The average Bonchev–Trinajstić information content (AvgIpc) is 2.71. The maximum atomic E-state index is 13.3. The number of carbonyl (C=O) groups is 1. The number of aryl methyl sites for hydroxylation is 1. The Labute approximate surface area is 175 Å². The topological polar surface area (TPSA) is 23.6 Å². The number of para-hydroxylation sites is 1. The van der Waals surface area contributed by atoms with E-state index < -0.39 is 0 Å². The third kappa shape index (κ3) is 5.08. The first-order chi connectivity index (χ1) is 14.2. The molecule has 2 aromatic carbocycles. The highest BCUT2D eigenvalue weighted by molar-refractivity contribution is 5.96. The molecule has 1 unspecified atom stereocenters. The van der Waals surface area contributed by atoms with Crippen molar-refractivity contribution >= 4 is 11.6 Å². The maximum absolute atomic E-state index is 13.3. The predicted octanol–water partition coefficient (Wildman–Crippen LogP) is 5.08. The van der Waals surface area contributed by atoms with E-state index in [2.05, 4.69) is 71.3 Å². The molecule has 3 nitrogen and oxygen atoms in total. The van der Waals surface area contributed by atoms with Crippen molar-refractivity contribution in [1.82, 2.24) is 4.90 Å². The summed E-state index contributed by atoms with van der Waals surface area (Å²) in [4.78, 5) is 18.0. The van der Waals surface area contributed by atoms with E-state index >= 15 is 0 Å². The second-order valence-electron chi connectivity index (χ2n) is 8.91. The van der Waals surface area contributed by atoms with Gasteiger partial charge in [0.1, 0.15) is 0 Å². The molecule has 4 rings (SSSR count). The van der Waals surface area contributed by atoms with Crippen molar-refractivity contribution in [1.29, 1.82) is 0 Å². The molecule has 0 spiro atoms. The molecule has 3 heteroatoms. The number of carbonyl (C=O) groups excluding carboxylic acids is 1. The Morgan fingerprint density at radius 3 is 2.48 bits per heavy atom. The fourth-order valence-corrected chi connectivity index (χ4v) is 4.74. The van der Waals surface area contributed by atoms with Gasteiger partial charge in [-0.2, -0.15) is 0 Å². The van der Waals surface area contributed by atoms with Crippen molar-refractivity contribution < 1.29 is 4.79 Å². The minimum absolute atomic E-state index is 0.243. The van der Waals surface area contributed by atoms with Crippen molar-refractivity contribution in [2.24, 2.45) is 11.8 Å². The number of anilines is 1. The summed E-state index contributed by atoms with van der Waals surface area (Å²) in [7, 11) is 0. The molecular weight excluding hydrogens is 356 g/mol. The molecule has 0 bridgehead atoms. The van der Waals surface area contributed by atoms with Gasteiger partial charge < -0.3 is 9.80 Å². The summed E-state index contributed by atoms with van der Waals surface area (Å²) >= 11 is 0. The first-order valence-electron chi connectivity index (χ1n) is 11.3. The van der Waals surface area contributed by atoms with Gasteiger partial charge in [-0.25, -0.2) is 0 Å². The molecule has 1 heterocycles. The van der Waals surface area contributed by atoms with Gasteiger partial charge in [0.15, 0.2) is 0 Å². The largest absolute Gasteiger partial charge is 0.312 e. The molecule has 0 radical (unpaired) electrons. The lowest BCUT2D eigenvalue weighted by atomic mass is 9.83. The first kappa shape index (κ1) is 20.2. The minimum Gasteiger partial charge on any atom is -0.312 e. The molecule has 0 aromatic heterocycles. The highest BCUT2D eigenvalue weighted by atomic mass is 16.2. The van der Waals surface area contributed by atoms with E-state index in [0.717, 1.165) is 44.6 Å². The number of hydrogen-bond acceptors (Lipinski definition) is 2. The van der Waals surface area contributed by atoms with Crippen LogP contribution >= 0.6 is 0 Å². The van der Waals surface area contributed by atoms with Gasteiger partial charge in [-0.1, -0.05) is 55.0 Å². The lowest BCUT2D eigenvalue weighted by Crippen LogP contribution is -2.46. The molecule has 0 N–H and O–H groups in total. The van der Waals surface area contributed by atoms with Crippen LogP contribution in [0.4, 0.5) is 5.69 Å². The zero-order valence-corrected chi connectivity index (χ0v) is 17.7. The molecule has 1 saturated heterocycles. The van der Waals surface area contributed by atoms with E-state index in [9.17, 15) is 4.79 Å². The van der Waals surface area contributed by atoms with Crippen LogP contribution in [0.2, 0.25) is 0 Å². The molecule has 2 aliphatic rings. The van der Waals surface area contributed by atoms with Gasteiger partial charge >= 0.3 is 0 Å². The maximum Gasteiger partial charge on any atom is 0.230 e. The number of likely N-dealkylation sites (tertiary alicyclic amines) is 1. The summed E-state index contributed by atoms with van der Waals surface area (Å²) < 4.78 is 0. The highest BCUT2D eigenvalue weighted by Crippen LogP contribution is 2.32. The van der Waals surface area contributed by atoms with E-state index in [1.165, 1.54) is 36.9 Å². The number of nitrogens with zero attached hydrogens (tertiary/aromatic N) is 2. The molecule has 2 aromatic rings. The number of benzene rings is 2. The van der Waals surface area contributed by atoms with Crippen molar-refractivity contribution in [2.45, 2.75) is 45.4 Å². The quantitative estimate of drug-likeness (QED) is 0.658. The molecule has 1 aliphatic carbocycles. The lowest BCUT2D eigenvalue weighted by molar-refractivity contribution is -0.124. The second-order valence-corrected chi connectivity index (χ2v) is 8.91. The predicted molar refractivity (Wildman–Crippen MR) is 120 cm³/mol. The van der Waals surface area contributed by atoms with E-state index in [1.807, 2.05) is 0 Å². The van der Waals surface area contributed by atoms with Crippen LogP contribution in [0, 0.1) is 18.8 Å². The molecule has 2 fully saturated rings. The normalized spacial score (nSPS) is 20.2. The minimum atomic E-state index is 0.243. The Morgan fingerprint density at radius 1 is 1.00 bits per heavy atom. The Morgan fingerprint density at radius 2 is 1.76 bits per heavy atom.